The highest BCUT2D eigenvalue weighted by atomic mass is 35.5. The Morgan fingerprint density at radius 1 is 1.44 bits per heavy atom. The molecule has 0 saturated carbocycles. The molecule has 0 fully saturated rings. The second kappa shape index (κ2) is 6.02. The number of nitrogens with one attached hydrogen (secondary N) is 1. The topological polar surface area (TPSA) is 92.2 Å². The van der Waals surface area contributed by atoms with E-state index in [4.69, 9.17) is 16.7 Å². The van der Waals surface area contributed by atoms with E-state index in [1.54, 1.807) is 0 Å². The van der Waals surface area contributed by atoms with Gasteiger partial charge in [0.2, 0.25) is 0 Å². The van der Waals surface area contributed by atoms with Crippen LogP contribution in [0.15, 0.2) is 12.4 Å². The quantitative estimate of drug-likeness (QED) is 0.744. The number of halogens is 1. The summed E-state index contributed by atoms with van der Waals surface area (Å²) in [6.07, 6.45) is 3.00. The summed E-state index contributed by atoms with van der Waals surface area (Å²) < 4.78 is 0. The van der Waals surface area contributed by atoms with E-state index in [2.05, 4.69) is 15.3 Å². The van der Waals surface area contributed by atoms with Crippen molar-refractivity contribution in [2.24, 2.45) is 0 Å². The van der Waals surface area contributed by atoms with Gasteiger partial charge in [-0.3, -0.25) is 14.6 Å². The molecule has 0 aliphatic rings. The molecule has 0 bridgehead atoms. The number of carbonyl (C=O) groups excluding carboxylic acids is 1. The summed E-state index contributed by atoms with van der Waals surface area (Å²) in [6, 6.07) is 0. The largest absolute Gasteiger partial charge is 0.481 e. The monoisotopic (exact) mass is 243 g/mol. The molecule has 0 aromatic carbocycles. The third-order valence-electron chi connectivity index (χ3n) is 1.69. The Balaban J connectivity index is 2.38. The Labute approximate surface area is 96.7 Å². The van der Waals surface area contributed by atoms with Gasteiger partial charge in [0.15, 0.2) is 0 Å². The van der Waals surface area contributed by atoms with Crippen LogP contribution in [0.1, 0.15) is 23.3 Å². The summed E-state index contributed by atoms with van der Waals surface area (Å²) in [5.74, 6) is -1.31. The molecule has 1 heterocycles. The SMILES string of the molecule is O=C(O)CCCNC(=O)c1cncc(Cl)n1. The summed E-state index contributed by atoms with van der Waals surface area (Å²) in [7, 11) is 0. The van der Waals surface area contributed by atoms with Crippen LogP contribution in [0.5, 0.6) is 0 Å². The second-order valence-corrected chi connectivity index (χ2v) is 3.37. The van der Waals surface area contributed by atoms with Crippen LogP contribution in [0.2, 0.25) is 5.15 Å². The van der Waals surface area contributed by atoms with Crippen molar-refractivity contribution >= 4 is 23.5 Å². The van der Waals surface area contributed by atoms with Crippen LogP contribution in [-0.4, -0.2) is 33.5 Å². The zero-order valence-corrected chi connectivity index (χ0v) is 9.07. The van der Waals surface area contributed by atoms with Crippen LogP contribution in [0.3, 0.4) is 0 Å². The number of hydrogen-bond donors (Lipinski definition) is 2. The molecule has 0 aliphatic carbocycles. The number of hydrogen-bond acceptors (Lipinski definition) is 4. The lowest BCUT2D eigenvalue weighted by Crippen LogP contribution is -2.25. The van der Waals surface area contributed by atoms with Gasteiger partial charge < -0.3 is 10.4 Å². The predicted octanol–water partition coefficient (Wildman–Crippen LogP) is 0.725. The molecule has 7 heteroatoms. The number of carboxylic acid groups (broad SMARTS) is 1. The van der Waals surface area contributed by atoms with Gasteiger partial charge in [-0.25, -0.2) is 4.98 Å². The molecule has 0 atom stereocenters. The highest BCUT2D eigenvalue weighted by Gasteiger charge is 2.07. The lowest BCUT2D eigenvalue weighted by atomic mass is 10.3. The average Bonchev–Trinajstić information content (AvgIpc) is 2.24. The maximum Gasteiger partial charge on any atom is 0.303 e. The number of amides is 1. The molecule has 1 rings (SSSR count). The smallest absolute Gasteiger partial charge is 0.303 e. The van der Waals surface area contributed by atoms with Gasteiger partial charge in [0.25, 0.3) is 5.91 Å². The van der Waals surface area contributed by atoms with Gasteiger partial charge in [-0.2, -0.15) is 0 Å². The molecule has 1 aromatic rings. The van der Waals surface area contributed by atoms with Gasteiger partial charge in [0, 0.05) is 13.0 Å². The van der Waals surface area contributed by atoms with Gasteiger partial charge in [0.05, 0.1) is 12.4 Å². The number of nitrogens with zero attached hydrogens (tertiary/aromatic N) is 2. The minimum Gasteiger partial charge on any atom is -0.481 e. The number of carbonyl (C=O) groups is 2. The van der Waals surface area contributed by atoms with Gasteiger partial charge in [-0.15, -0.1) is 0 Å². The van der Waals surface area contributed by atoms with Crippen molar-refractivity contribution in [2.45, 2.75) is 12.8 Å². The summed E-state index contributed by atoms with van der Waals surface area (Å²) in [5.41, 5.74) is 0.114. The first-order valence-electron chi connectivity index (χ1n) is 4.57. The molecule has 6 nitrogen and oxygen atoms in total. The van der Waals surface area contributed by atoms with E-state index >= 15 is 0 Å². The number of aromatic nitrogens is 2. The molecule has 2 N–H and O–H groups in total. The molecule has 0 radical (unpaired) electrons. The maximum absolute atomic E-state index is 11.4. The first-order valence-corrected chi connectivity index (χ1v) is 4.95. The fourth-order valence-electron chi connectivity index (χ4n) is 0.984. The highest BCUT2D eigenvalue weighted by molar-refractivity contribution is 6.29. The number of carboxylic acids is 1. The van der Waals surface area contributed by atoms with E-state index in [0.717, 1.165) is 0 Å². The molecule has 1 amide bonds. The lowest BCUT2D eigenvalue weighted by molar-refractivity contribution is -0.137. The third-order valence-corrected chi connectivity index (χ3v) is 1.87. The van der Waals surface area contributed by atoms with Crippen molar-refractivity contribution in [3.8, 4) is 0 Å². The Morgan fingerprint density at radius 2 is 2.19 bits per heavy atom. The van der Waals surface area contributed by atoms with Gasteiger partial charge in [-0.1, -0.05) is 11.6 Å². The van der Waals surface area contributed by atoms with Gasteiger partial charge in [-0.05, 0) is 6.42 Å². The first-order chi connectivity index (χ1) is 7.59. The molecule has 1 aromatic heterocycles. The van der Waals surface area contributed by atoms with E-state index in [1.165, 1.54) is 12.4 Å². The van der Waals surface area contributed by atoms with Crippen molar-refractivity contribution in [1.29, 1.82) is 0 Å². The van der Waals surface area contributed by atoms with E-state index in [1.807, 2.05) is 0 Å². The average molecular weight is 244 g/mol. The van der Waals surface area contributed by atoms with Crippen molar-refractivity contribution in [3.05, 3.63) is 23.2 Å². The fraction of sp³-hybridized carbons (Fsp3) is 0.333. The van der Waals surface area contributed by atoms with E-state index in [-0.39, 0.29) is 23.8 Å². The minimum absolute atomic E-state index is 0.0154. The molecular formula is C9H10ClN3O3. The normalized spacial score (nSPS) is 9.81. The van der Waals surface area contributed by atoms with Crippen LogP contribution < -0.4 is 5.32 Å². The molecular weight excluding hydrogens is 234 g/mol. The Hall–Kier alpha value is -1.69. The van der Waals surface area contributed by atoms with Crippen LogP contribution in [-0.2, 0) is 4.79 Å². The number of rotatable bonds is 5. The zero-order valence-electron chi connectivity index (χ0n) is 8.31. The third kappa shape index (κ3) is 4.22. The van der Waals surface area contributed by atoms with Crippen molar-refractivity contribution in [3.63, 3.8) is 0 Å². The Morgan fingerprint density at radius 3 is 2.81 bits per heavy atom. The molecule has 0 aliphatic heterocycles. The fourth-order valence-corrected chi connectivity index (χ4v) is 1.13. The second-order valence-electron chi connectivity index (χ2n) is 2.98. The summed E-state index contributed by atoms with van der Waals surface area (Å²) in [5, 5.41) is 11.0. The maximum atomic E-state index is 11.4. The highest BCUT2D eigenvalue weighted by Crippen LogP contribution is 2.02. The first kappa shape index (κ1) is 12.4. The summed E-state index contributed by atoms with van der Waals surface area (Å²) in [6.45, 7) is 0.277. The Bertz CT molecular complexity index is 397. The molecule has 0 unspecified atom stereocenters. The summed E-state index contributed by atoms with van der Waals surface area (Å²) in [4.78, 5) is 29.1. The van der Waals surface area contributed by atoms with Crippen LogP contribution in [0.4, 0.5) is 0 Å². The number of aliphatic carboxylic acids is 1. The van der Waals surface area contributed by atoms with Crippen LogP contribution in [0, 0.1) is 0 Å². The van der Waals surface area contributed by atoms with Crippen molar-refractivity contribution < 1.29 is 14.7 Å². The van der Waals surface area contributed by atoms with Crippen LogP contribution >= 0.6 is 11.6 Å². The molecule has 0 spiro atoms. The molecule has 0 saturated heterocycles. The van der Waals surface area contributed by atoms with Crippen molar-refractivity contribution in [1.82, 2.24) is 15.3 Å². The standard InChI is InChI=1S/C9H10ClN3O3/c10-7-5-11-4-6(13-7)9(16)12-3-1-2-8(14)15/h4-5H,1-3H2,(H,12,16)(H,14,15). The molecule has 16 heavy (non-hydrogen) atoms. The van der Waals surface area contributed by atoms with E-state index in [0.29, 0.717) is 6.42 Å². The lowest BCUT2D eigenvalue weighted by Gasteiger charge is -2.02. The summed E-state index contributed by atoms with van der Waals surface area (Å²) >= 11 is 5.56. The van der Waals surface area contributed by atoms with E-state index in [9.17, 15) is 9.59 Å². The van der Waals surface area contributed by atoms with Gasteiger partial charge in [0.1, 0.15) is 10.8 Å². The van der Waals surface area contributed by atoms with Crippen LogP contribution in [0.25, 0.3) is 0 Å². The molecule has 86 valence electrons. The van der Waals surface area contributed by atoms with Crippen molar-refractivity contribution in [2.75, 3.05) is 6.54 Å². The predicted molar refractivity (Wildman–Crippen MR) is 56.2 cm³/mol. The minimum atomic E-state index is -0.892. The zero-order chi connectivity index (χ0) is 12.0. The van der Waals surface area contributed by atoms with E-state index < -0.39 is 11.9 Å². The van der Waals surface area contributed by atoms with Gasteiger partial charge >= 0.3 is 5.97 Å². The Kier molecular flexibility index (Phi) is 4.65.